The van der Waals surface area contributed by atoms with E-state index in [4.69, 9.17) is 9.47 Å². The van der Waals surface area contributed by atoms with Crippen LogP contribution in [0.15, 0.2) is 48.7 Å². The standard InChI is InChI=1S/C20H24N2O3/c1-15(16-6-3-2-4-7-16)25-19-10-9-17(14-22-19)20(23)21-12-11-18-8-5-13-24-18/h2-4,6-7,9-10,14-15,18H,5,8,11-13H2,1H3,(H,21,23)/t15-,18+/m0/s1. The topological polar surface area (TPSA) is 60.5 Å². The minimum absolute atomic E-state index is 0.0974. The number of amides is 1. The molecule has 3 rings (SSSR count). The van der Waals surface area contributed by atoms with Gasteiger partial charge in [0.1, 0.15) is 6.10 Å². The molecule has 1 aliphatic heterocycles. The molecule has 1 fully saturated rings. The number of hydrogen-bond donors (Lipinski definition) is 1. The Morgan fingerprint density at radius 3 is 2.84 bits per heavy atom. The first kappa shape index (κ1) is 17.4. The lowest BCUT2D eigenvalue weighted by molar-refractivity contribution is 0.0907. The third kappa shape index (κ3) is 5.03. The van der Waals surface area contributed by atoms with Gasteiger partial charge in [-0.3, -0.25) is 4.79 Å². The summed E-state index contributed by atoms with van der Waals surface area (Å²) in [5, 5.41) is 2.91. The minimum Gasteiger partial charge on any atom is -0.470 e. The second-order valence-corrected chi connectivity index (χ2v) is 6.24. The molecule has 0 saturated carbocycles. The summed E-state index contributed by atoms with van der Waals surface area (Å²) in [6, 6.07) is 13.4. The Labute approximate surface area is 148 Å². The number of pyridine rings is 1. The molecule has 2 atom stereocenters. The van der Waals surface area contributed by atoms with Crippen molar-refractivity contribution in [1.29, 1.82) is 0 Å². The smallest absolute Gasteiger partial charge is 0.252 e. The maximum absolute atomic E-state index is 12.1. The molecule has 0 aliphatic carbocycles. The molecule has 0 unspecified atom stereocenters. The van der Waals surface area contributed by atoms with Crippen LogP contribution in [0.3, 0.4) is 0 Å². The Hall–Kier alpha value is -2.40. The molecule has 1 aliphatic rings. The van der Waals surface area contributed by atoms with Crippen LogP contribution in [-0.4, -0.2) is 30.1 Å². The van der Waals surface area contributed by atoms with Crippen LogP contribution in [0.2, 0.25) is 0 Å². The fourth-order valence-electron chi connectivity index (χ4n) is 2.88. The molecule has 0 bridgehead atoms. The van der Waals surface area contributed by atoms with E-state index in [0.717, 1.165) is 31.4 Å². The Kier molecular flexibility index (Phi) is 6.01. The zero-order valence-corrected chi connectivity index (χ0v) is 14.5. The van der Waals surface area contributed by atoms with Gasteiger partial charge in [-0.2, -0.15) is 0 Å². The molecule has 5 nitrogen and oxygen atoms in total. The summed E-state index contributed by atoms with van der Waals surface area (Å²) in [6.45, 7) is 3.43. The van der Waals surface area contributed by atoms with Crippen molar-refractivity contribution in [1.82, 2.24) is 10.3 Å². The van der Waals surface area contributed by atoms with E-state index >= 15 is 0 Å². The fraction of sp³-hybridized carbons (Fsp3) is 0.400. The molecule has 1 N–H and O–H groups in total. The van der Waals surface area contributed by atoms with Gasteiger partial charge in [0.05, 0.1) is 11.7 Å². The molecule has 1 amide bonds. The molecule has 2 aromatic rings. The summed E-state index contributed by atoms with van der Waals surface area (Å²) in [5.41, 5.74) is 1.62. The summed E-state index contributed by atoms with van der Waals surface area (Å²) in [7, 11) is 0. The van der Waals surface area contributed by atoms with Crippen molar-refractivity contribution in [3.63, 3.8) is 0 Å². The van der Waals surface area contributed by atoms with Gasteiger partial charge in [0.25, 0.3) is 5.91 Å². The van der Waals surface area contributed by atoms with Crippen LogP contribution >= 0.6 is 0 Å². The van der Waals surface area contributed by atoms with Crippen LogP contribution in [0.1, 0.15) is 48.2 Å². The summed E-state index contributed by atoms with van der Waals surface area (Å²) >= 11 is 0. The molecule has 2 heterocycles. The van der Waals surface area contributed by atoms with E-state index in [9.17, 15) is 4.79 Å². The van der Waals surface area contributed by atoms with E-state index in [1.165, 1.54) is 0 Å². The van der Waals surface area contributed by atoms with Gasteiger partial charge in [0.2, 0.25) is 5.88 Å². The second kappa shape index (κ2) is 8.62. The van der Waals surface area contributed by atoms with Crippen LogP contribution in [0.5, 0.6) is 5.88 Å². The van der Waals surface area contributed by atoms with Gasteiger partial charge in [-0.1, -0.05) is 30.3 Å². The normalized spacial score (nSPS) is 17.9. The molecule has 1 saturated heterocycles. The largest absolute Gasteiger partial charge is 0.470 e. The highest BCUT2D eigenvalue weighted by Crippen LogP contribution is 2.19. The highest BCUT2D eigenvalue weighted by molar-refractivity contribution is 5.93. The highest BCUT2D eigenvalue weighted by atomic mass is 16.5. The van der Waals surface area contributed by atoms with Gasteiger partial charge in [-0.15, -0.1) is 0 Å². The number of carbonyl (C=O) groups excluding carboxylic acids is 1. The first-order chi connectivity index (χ1) is 12.2. The third-order valence-electron chi connectivity index (χ3n) is 4.34. The van der Waals surface area contributed by atoms with E-state index in [-0.39, 0.29) is 18.1 Å². The quantitative estimate of drug-likeness (QED) is 0.838. The van der Waals surface area contributed by atoms with Gasteiger partial charge >= 0.3 is 0 Å². The van der Waals surface area contributed by atoms with Gasteiger partial charge in [-0.25, -0.2) is 4.98 Å². The Morgan fingerprint density at radius 1 is 1.32 bits per heavy atom. The minimum atomic E-state index is -0.117. The maximum Gasteiger partial charge on any atom is 0.252 e. The van der Waals surface area contributed by atoms with E-state index in [2.05, 4.69) is 10.3 Å². The summed E-state index contributed by atoms with van der Waals surface area (Å²) in [6.07, 6.45) is 4.80. The number of carbonyl (C=O) groups is 1. The van der Waals surface area contributed by atoms with Gasteiger partial charge in [0.15, 0.2) is 0 Å². The molecular formula is C20H24N2O3. The number of rotatable bonds is 7. The Bertz CT molecular complexity index is 667. The van der Waals surface area contributed by atoms with Gasteiger partial charge in [-0.05, 0) is 37.8 Å². The lowest BCUT2D eigenvalue weighted by Crippen LogP contribution is -2.27. The van der Waals surface area contributed by atoms with Crippen molar-refractivity contribution in [3.8, 4) is 5.88 Å². The zero-order chi connectivity index (χ0) is 17.5. The van der Waals surface area contributed by atoms with Crippen molar-refractivity contribution >= 4 is 5.91 Å². The average molecular weight is 340 g/mol. The molecule has 132 valence electrons. The van der Waals surface area contributed by atoms with Crippen molar-refractivity contribution < 1.29 is 14.3 Å². The molecule has 1 aromatic carbocycles. The van der Waals surface area contributed by atoms with E-state index in [1.54, 1.807) is 18.3 Å². The van der Waals surface area contributed by atoms with Crippen molar-refractivity contribution in [2.75, 3.05) is 13.2 Å². The average Bonchev–Trinajstić information content (AvgIpc) is 3.16. The van der Waals surface area contributed by atoms with Gasteiger partial charge in [0, 0.05) is 25.4 Å². The Morgan fingerprint density at radius 2 is 2.16 bits per heavy atom. The van der Waals surface area contributed by atoms with Gasteiger partial charge < -0.3 is 14.8 Å². The molecule has 0 spiro atoms. The summed E-state index contributed by atoms with van der Waals surface area (Å²) < 4.78 is 11.4. The monoisotopic (exact) mass is 340 g/mol. The Balaban J connectivity index is 1.48. The third-order valence-corrected chi connectivity index (χ3v) is 4.34. The first-order valence-electron chi connectivity index (χ1n) is 8.80. The molecular weight excluding hydrogens is 316 g/mol. The first-order valence-corrected chi connectivity index (χ1v) is 8.80. The van der Waals surface area contributed by atoms with Crippen LogP contribution in [0, 0.1) is 0 Å². The molecule has 1 aromatic heterocycles. The number of ether oxygens (including phenoxy) is 2. The number of hydrogen-bond acceptors (Lipinski definition) is 4. The molecule has 25 heavy (non-hydrogen) atoms. The van der Waals surface area contributed by atoms with Crippen LogP contribution in [0.4, 0.5) is 0 Å². The number of aromatic nitrogens is 1. The zero-order valence-electron chi connectivity index (χ0n) is 14.5. The maximum atomic E-state index is 12.1. The number of benzene rings is 1. The predicted octanol–water partition coefficient (Wildman–Crippen LogP) is 3.52. The summed E-state index contributed by atoms with van der Waals surface area (Å²) in [4.78, 5) is 16.4. The molecule has 0 radical (unpaired) electrons. The van der Waals surface area contributed by atoms with E-state index in [0.29, 0.717) is 18.0 Å². The lowest BCUT2D eigenvalue weighted by Gasteiger charge is -2.14. The second-order valence-electron chi connectivity index (χ2n) is 6.24. The number of nitrogens with one attached hydrogen (secondary N) is 1. The van der Waals surface area contributed by atoms with Crippen molar-refractivity contribution in [2.45, 2.75) is 38.4 Å². The van der Waals surface area contributed by atoms with E-state index in [1.807, 2.05) is 37.3 Å². The van der Waals surface area contributed by atoms with Crippen LogP contribution in [0.25, 0.3) is 0 Å². The van der Waals surface area contributed by atoms with Crippen LogP contribution in [-0.2, 0) is 4.74 Å². The molecule has 5 heteroatoms. The van der Waals surface area contributed by atoms with Crippen molar-refractivity contribution in [3.05, 3.63) is 59.8 Å². The van der Waals surface area contributed by atoms with Crippen molar-refractivity contribution in [2.24, 2.45) is 0 Å². The summed E-state index contributed by atoms with van der Waals surface area (Å²) in [5.74, 6) is 0.389. The van der Waals surface area contributed by atoms with E-state index < -0.39 is 0 Å². The highest BCUT2D eigenvalue weighted by Gasteiger charge is 2.15. The van der Waals surface area contributed by atoms with Crippen LogP contribution < -0.4 is 10.1 Å². The lowest BCUT2D eigenvalue weighted by atomic mass is 10.1. The SMILES string of the molecule is C[C@H](Oc1ccc(C(=O)NCC[C@H]2CCCO2)cn1)c1ccccc1. The fourth-order valence-corrected chi connectivity index (χ4v) is 2.88. The predicted molar refractivity (Wildman–Crippen MR) is 95.6 cm³/mol. The number of nitrogens with zero attached hydrogens (tertiary/aromatic N) is 1.